The summed E-state index contributed by atoms with van der Waals surface area (Å²) in [5.41, 5.74) is 3.47. The molecule has 2 atom stereocenters. The highest BCUT2D eigenvalue weighted by Crippen LogP contribution is 2.27. The van der Waals surface area contributed by atoms with Crippen molar-refractivity contribution in [3.8, 4) is 11.5 Å². The molecule has 0 bridgehead atoms. The Morgan fingerprint density at radius 1 is 0.882 bits per heavy atom. The Labute approximate surface area is 202 Å². The fourth-order valence-corrected chi connectivity index (χ4v) is 5.24. The van der Waals surface area contributed by atoms with Crippen LogP contribution in [0.25, 0.3) is 0 Å². The molecule has 3 aliphatic heterocycles. The number of ether oxygens (including phenoxy) is 3. The van der Waals surface area contributed by atoms with Crippen molar-refractivity contribution >= 4 is 5.91 Å². The maximum Gasteiger partial charge on any atom is 0.237 e. The predicted molar refractivity (Wildman–Crippen MR) is 130 cm³/mol. The lowest BCUT2D eigenvalue weighted by molar-refractivity contribution is -0.133. The molecule has 3 heterocycles. The third-order valence-electron chi connectivity index (χ3n) is 6.75. The predicted octanol–water partition coefficient (Wildman–Crippen LogP) is 2.91. The minimum Gasteiger partial charge on any atom is -0.492 e. The van der Waals surface area contributed by atoms with Crippen LogP contribution in [0.1, 0.15) is 30.5 Å². The number of benzene rings is 2. The lowest BCUT2D eigenvalue weighted by atomic mass is 10.1. The van der Waals surface area contributed by atoms with Gasteiger partial charge in [-0.05, 0) is 37.6 Å². The smallest absolute Gasteiger partial charge is 0.237 e. The molecule has 3 aliphatic rings. The van der Waals surface area contributed by atoms with Gasteiger partial charge in [0.25, 0.3) is 0 Å². The highest BCUT2D eigenvalue weighted by molar-refractivity contribution is 5.78. The zero-order chi connectivity index (χ0) is 23.5. The minimum atomic E-state index is 0.136. The Bertz CT molecular complexity index is 1000. The number of hydrogen-bond donors (Lipinski definition) is 0. The molecule has 2 aromatic carbocycles. The average molecular weight is 466 g/mol. The number of carbonyl (C=O) groups is 1. The van der Waals surface area contributed by atoms with Crippen LogP contribution in [0.4, 0.5) is 0 Å². The number of carbonyl (C=O) groups excluding carboxylic acids is 1. The van der Waals surface area contributed by atoms with E-state index < -0.39 is 0 Å². The summed E-state index contributed by atoms with van der Waals surface area (Å²) in [6.45, 7) is 11.2. The Balaban J connectivity index is 1.24. The number of morpholine rings is 1. The fraction of sp³-hybridized carbons (Fsp3) is 0.519. The first kappa shape index (κ1) is 23.1. The Hall–Kier alpha value is -2.61. The van der Waals surface area contributed by atoms with Gasteiger partial charge in [0.2, 0.25) is 5.91 Å². The van der Waals surface area contributed by atoms with Crippen LogP contribution in [0.5, 0.6) is 11.5 Å². The molecule has 0 saturated carbocycles. The molecular weight excluding hydrogens is 430 g/mol. The highest BCUT2D eigenvalue weighted by atomic mass is 16.5. The van der Waals surface area contributed by atoms with E-state index in [0.29, 0.717) is 32.8 Å². The number of amides is 1. The zero-order valence-corrected chi connectivity index (χ0v) is 20.2. The molecule has 1 fully saturated rings. The molecule has 7 nitrogen and oxygen atoms in total. The van der Waals surface area contributed by atoms with Crippen LogP contribution in [-0.2, 0) is 29.2 Å². The van der Waals surface area contributed by atoms with Gasteiger partial charge in [0.05, 0.1) is 25.3 Å². The molecular formula is C27H35N3O4. The summed E-state index contributed by atoms with van der Waals surface area (Å²) in [4.78, 5) is 19.9. The van der Waals surface area contributed by atoms with Gasteiger partial charge >= 0.3 is 0 Å². The minimum absolute atomic E-state index is 0.136. The maximum absolute atomic E-state index is 13.3. The summed E-state index contributed by atoms with van der Waals surface area (Å²) in [6.07, 6.45) is 0.495. The van der Waals surface area contributed by atoms with E-state index in [0.717, 1.165) is 55.3 Å². The summed E-state index contributed by atoms with van der Waals surface area (Å²) >= 11 is 0. The van der Waals surface area contributed by atoms with Gasteiger partial charge in [0.1, 0.15) is 24.7 Å². The van der Waals surface area contributed by atoms with Crippen molar-refractivity contribution in [1.82, 2.24) is 14.7 Å². The normalized spacial score (nSPS) is 23.6. The zero-order valence-electron chi connectivity index (χ0n) is 20.2. The fourth-order valence-electron chi connectivity index (χ4n) is 5.24. The van der Waals surface area contributed by atoms with E-state index in [1.165, 1.54) is 5.56 Å². The largest absolute Gasteiger partial charge is 0.492 e. The average Bonchev–Trinajstić information content (AvgIpc) is 3.14. The summed E-state index contributed by atoms with van der Waals surface area (Å²) in [5, 5.41) is 0. The Morgan fingerprint density at radius 2 is 1.62 bits per heavy atom. The number of nitrogens with zero attached hydrogens (tertiary/aromatic N) is 3. The van der Waals surface area contributed by atoms with Crippen LogP contribution in [0, 0.1) is 0 Å². The summed E-state index contributed by atoms with van der Waals surface area (Å²) in [6, 6.07) is 14.5. The van der Waals surface area contributed by atoms with E-state index in [1.807, 2.05) is 23.1 Å². The van der Waals surface area contributed by atoms with Crippen LogP contribution >= 0.6 is 0 Å². The second-order valence-electron chi connectivity index (χ2n) is 9.72. The molecule has 5 rings (SSSR count). The summed E-state index contributed by atoms with van der Waals surface area (Å²) < 4.78 is 17.7. The van der Waals surface area contributed by atoms with E-state index in [2.05, 4.69) is 47.9 Å². The van der Waals surface area contributed by atoms with Crippen LogP contribution in [0.2, 0.25) is 0 Å². The van der Waals surface area contributed by atoms with Crippen LogP contribution in [-0.4, -0.2) is 78.8 Å². The first-order chi connectivity index (χ1) is 16.5. The van der Waals surface area contributed by atoms with E-state index in [1.54, 1.807) is 0 Å². The number of rotatable bonds is 4. The van der Waals surface area contributed by atoms with Crippen LogP contribution in [0.15, 0.2) is 42.5 Å². The quantitative estimate of drug-likeness (QED) is 0.692. The molecule has 34 heavy (non-hydrogen) atoms. The number of para-hydroxylation sites is 1. The molecule has 1 amide bonds. The third-order valence-corrected chi connectivity index (χ3v) is 6.75. The van der Waals surface area contributed by atoms with Gasteiger partial charge in [-0.1, -0.05) is 24.3 Å². The third kappa shape index (κ3) is 5.54. The molecule has 1 saturated heterocycles. The summed E-state index contributed by atoms with van der Waals surface area (Å²) in [5.74, 6) is 1.95. The maximum atomic E-state index is 13.3. The van der Waals surface area contributed by atoms with E-state index in [4.69, 9.17) is 14.2 Å². The van der Waals surface area contributed by atoms with Crippen molar-refractivity contribution in [3.63, 3.8) is 0 Å². The van der Waals surface area contributed by atoms with Gasteiger partial charge in [-0.25, -0.2) is 0 Å². The first-order valence-electron chi connectivity index (χ1n) is 12.4. The topological polar surface area (TPSA) is 54.5 Å². The lowest BCUT2D eigenvalue weighted by Gasteiger charge is -2.35. The van der Waals surface area contributed by atoms with Crippen molar-refractivity contribution in [2.24, 2.45) is 0 Å². The van der Waals surface area contributed by atoms with E-state index in [-0.39, 0.29) is 18.1 Å². The van der Waals surface area contributed by atoms with Gasteiger partial charge in [-0.2, -0.15) is 0 Å². The standard InChI is InChI=1S/C27H35N3O4/c1-20-14-29(15-21(2)34-20)16-22-7-8-26-24(13-22)18-30(10-12-33-26)27(31)19-28-9-11-32-25-6-4-3-5-23(25)17-28/h3-8,13,20-21H,9-12,14-19H2,1-2H3/t20-,21+. The van der Waals surface area contributed by atoms with Gasteiger partial charge in [0, 0.05) is 50.4 Å². The number of fused-ring (bicyclic) bond motifs is 2. The molecule has 2 aromatic rings. The van der Waals surface area contributed by atoms with Crippen molar-refractivity contribution < 1.29 is 19.0 Å². The van der Waals surface area contributed by atoms with Crippen molar-refractivity contribution in [2.75, 3.05) is 45.9 Å². The van der Waals surface area contributed by atoms with E-state index in [9.17, 15) is 4.79 Å². The molecule has 182 valence electrons. The van der Waals surface area contributed by atoms with Gasteiger partial charge in [0.15, 0.2) is 0 Å². The second-order valence-corrected chi connectivity index (χ2v) is 9.72. The second kappa shape index (κ2) is 10.3. The molecule has 0 N–H and O–H groups in total. The van der Waals surface area contributed by atoms with Crippen LogP contribution < -0.4 is 9.47 Å². The highest BCUT2D eigenvalue weighted by Gasteiger charge is 2.25. The molecule has 0 aromatic heterocycles. The van der Waals surface area contributed by atoms with Crippen molar-refractivity contribution in [1.29, 1.82) is 0 Å². The molecule has 0 radical (unpaired) electrons. The number of hydrogen-bond acceptors (Lipinski definition) is 6. The van der Waals surface area contributed by atoms with E-state index >= 15 is 0 Å². The SMILES string of the molecule is C[C@@H]1CN(Cc2ccc3c(c2)CN(C(=O)CN2CCOc4ccccc4C2)CCO3)C[C@H](C)O1. The Morgan fingerprint density at radius 3 is 2.44 bits per heavy atom. The first-order valence-corrected chi connectivity index (χ1v) is 12.4. The molecule has 0 unspecified atom stereocenters. The molecule has 7 heteroatoms. The van der Waals surface area contributed by atoms with Gasteiger partial charge < -0.3 is 19.1 Å². The molecule has 0 spiro atoms. The van der Waals surface area contributed by atoms with Crippen molar-refractivity contribution in [2.45, 2.75) is 45.7 Å². The van der Waals surface area contributed by atoms with Crippen LogP contribution in [0.3, 0.4) is 0 Å². The van der Waals surface area contributed by atoms with Gasteiger partial charge in [-0.15, -0.1) is 0 Å². The summed E-state index contributed by atoms with van der Waals surface area (Å²) in [7, 11) is 0. The monoisotopic (exact) mass is 465 g/mol. The Kier molecular flexibility index (Phi) is 7.04. The molecule has 0 aliphatic carbocycles. The lowest BCUT2D eigenvalue weighted by Crippen LogP contribution is -2.44. The van der Waals surface area contributed by atoms with Crippen molar-refractivity contribution in [3.05, 3.63) is 59.2 Å². The van der Waals surface area contributed by atoms with Gasteiger partial charge in [-0.3, -0.25) is 14.6 Å².